The molecule has 0 aliphatic heterocycles. The normalized spacial score (nSPS) is 35.3. The highest BCUT2D eigenvalue weighted by Crippen LogP contribution is 2.62. The highest BCUT2D eigenvalue weighted by molar-refractivity contribution is 5.63. The second kappa shape index (κ2) is 5.74. The topological polar surface area (TPSA) is 107 Å². The number of aliphatic hydroxyl groups is 1. The van der Waals surface area contributed by atoms with Crippen LogP contribution in [0.15, 0.2) is 6.07 Å². The van der Waals surface area contributed by atoms with Gasteiger partial charge >= 0.3 is 0 Å². The van der Waals surface area contributed by atoms with Gasteiger partial charge in [0.1, 0.15) is 5.56 Å². The van der Waals surface area contributed by atoms with Crippen LogP contribution in [0.2, 0.25) is 0 Å². The van der Waals surface area contributed by atoms with Crippen LogP contribution >= 0.6 is 0 Å². The summed E-state index contributed by atoms with van der Waals surface area (Å²) in [6.45, 7) is 3.66. The van der Waals surface area contributed by atoms with Crippen molar-refractivity contribution in [2.45, 2.75) is 64.4 Å². The van der Waals surface area contributed by atoms with Gasteiger partial charge in [0.05, 0.1) is 16.0 Å². The fraction of sp³-hybridized carbons (Fsp3) is 0.684. The van der Waals surface area contributed by atoms with Crippen molar-refractivity contribution < 1.29 is 15.0 Å². The maximum Gasteiger partial charge on any atom is 0.282 e. The van der Waals surface area contributed by atoms with E-state index in [-0.39, 0.29) is 34.4 Å². The monoisotopic (exact) mass is 360 g/mol. The van der Waals surface area contributed by atoms with Crippen LogP contribution in [-0.2, 0) is 6.42 Å². The third-order valence-corrected chi connectivity index (χ3v) is 7.54. The van der Waals surface area contributed by atoms with Crippen molar-refractivity contribution in [1.29, 1.82) is 0 Å². The third kappa shape index (κ3) is 2.22. The number of nitro groups is 2. The van der Waals surface area contributed by atoms with Crippen molar-refractivity contribution in [3.05, 3.63) is 43.0 Å². The molecule has 1 aromatic carbocycles. The molecule has 0 bridgehead atoms. The number of hydrogen-bond donors (Lipinski definition) is 1. The van der Waals surface area contributed by atoms with Crippen molar-refractivity contribution in [3.63, 3.8) is 0 Å². The first-order valence-electron chi connectivity index (χ1n) is 9.39. The molecule has 5 atom stereocenters. The average molecular weight is 360 g/mol. The first-order valence-corrected chi connectivity index (χ1v) is 9.39. The maximum absolute atomic E-state index is 11.8. The van der Waals surface area contributed by atoms with Gasteiger partial charge < -0.3 is 5.11 Å². The zero-order chi connectivity index (χ0) is 18.8. The van der Waals surface area contributed by atoms with Gasteiger partial charge in [0.15, 0.2) is 0 Å². The molecule has 1 aromatic rings. The Labute approximate surface area is 151 Å². The summed E-state index contributed by atoms with van der Waals surface area (Å²) < 4.78 is 0. The van der Waals surface area contributed by atoms with E-state index in [2.05, 4.69) is 6.92 Å². The quantitative estimate of drug-likeness (QED) is 0.633. The van der Waals surface area contributed by atoms with Gasteiger partial charge in [-0.2, -0.15) is 0 Å². The lowest BCUT2D eigenvalue weighted by Crippen LogP contribution is -2.44. The Morgan fingerprint density at radius 2 is 1.88 bits per heavy atom. The molecule has 4 unspecified atom stereocenters. The van der Waals surface area contributed by atoms with Crippen molar-refractivity contribution in [3.8, 4) is 0 Å². The molecule has 0 radical (unpaired) electrons. The lowest BCUT2D eigenvalue weighted by molar-refractivity contribution is -0.396. The summed E-state index contributed by atoms with van der Waals surface area (Å²) in [5.74, 6) is 0.763. The summed E-state index contributed by atoms with van der Waals surface area (Å²) in [5, 5.41) is 33.6. The van der Waals surface area contributed by atoms with Crippen molar-refractivity contribution in [1.82, 2.24) is 0 Å². The van der Waals surface area contributed by atoms with Gasteiger partial charge in [0.2, 0.25) is 0 Å². The molecule has 1 N–H and O–H groups in total. The first kappa shape index (κ1) is 17.4. The smallest absolute Gasteiger partial charge is 0.282 e. The number of nitrogens with zero attached hydrogens (tertiary/aromatic N) is 2. The molecule has 0 amide bonds. The molecule has 0 aromatic heterocycles. The second-order valence-corrected chi connectivity index (χ2v) is 8.51. The Morgan fingerprint density at radius 1 is 1.15 bits per heavy atom. The Balaban J connectivity index is 1.85. The largest absolute Gasteiger partial charge is 0.393 e. The van der Waals surface area contributed by atoms with Gasteiger partial charge in [-0.3, -0.25) is 20.2 Å². The van der Waals surface area contributed by atoms with Crippen molar-refractivity contribution in [2.24, 2.45) is 17.3 Å². The molecule has 0 spiro atoms. The molecule has 3 aliphatic carbocycles. The van der Waals surface area contributed by atoms with Gasteiger partial charge in [-0.25, -0.2) is 0 Å². The Hall–Kier alpha value is -2.02. The van der Waals surface area contributed by atoms with E-state index in [0.29, 0.717) is 18.3 Å². The van der Waals surface area contributed by atoms with Crippen LogP contribution in [-0.4, -0.2) is 21.1 Å². The molecule has 2 fully saturated rings. The van der Waals surface area contributed by atoms with E-state index in [4.69, 9.17) is 0 Å². The highest BCUT2D eigenvalue weighted by Gasteiger charge is 2.55. The van der Waals surface area contributed by atoms with E-state index in [1.807, 2.05) is 0 Å². The molecule has 26 heavy (non-hydrogen) atoms. The number of fused-ring (bicyclic) bond motifs is 5. The van der Waals surface area contributed by atoms with Crippen LogP contribution < -0.4 is 0 Å². The summed E-state index contributed by atoms with van der Waals surface area (Å²) in [4.78, 5) is 22.2. The van der Waals surface area contributed by atoms with Crippen molar-refractivity contribution >= 4 is 11.4 Å². The molecule has 3 aliphatic rings. The second-order valence-electron chi connectivity index (χ2n) is 8.51. The number of aliphatic hydroxyl groups excluding tert-OH is 1. The summed E-state index contributed by atoms with van der Waals surface area (Å²) in [5.41, 5.74) is 1.38. The molecule has 7 nitrogen and oxygen atoms in total. The standard InChI is InChI=1S/C19H24N2O5/c1-10-15(20(23)24)9-11-3-4-12-13(17(11)18(10)21(25)26)7-8-19(2)14(12)5-6-16(19)22/h9,12-14,16,22H,3-8H2,1-2H3/t12?,13?,14?,16-,19?/m0/s1. The minimum absolute atomic E-state index is 0.0500. The summed E-state index contributed by atoms with van der Waals surface area (Å²) >= 11 is 0. The molecule has 7 heteroatoms. The highest BCUT2D eigenvalue weighted by atomic mass is 16.6. The molecular weight excluding hydrogens is 336 g/mol. The zero-order valence-electron chi connectivity index (χ0n) is 15.1. The summed E-state index contributed by atoms with van der Waals surface area (Å²) in [6.07, 6.45) is 4.67. The first-order chi connectivity index (χ1) is 12.3. The average Bonchev–Trinajstić information content (AvgIpc) is 2.88. The number of hydrogen-bond acceptors (Lipinski definition) is 5. The Kier molecular flexibility index (Phi) is 3.84. The van der Waals surface area contributed by atoms with Gasteiger partial charge in [0.25, 0.3) is 11.4 Å². The van der Waals surface area contributed by atoms with Gasteiger partial charge in [-0.05, 0) is 74.2 Å². The zero-order valence-corrected chi connectivity index (χ0v) is 15.1. The van der Waals surface area contributed by atoms with E-state index >= 15 is 0 Å². The van der Waals surface area contributed by atoms with Crippen LogP contribution in [0.25, 0.3) is 0 Å². The number of nitro benzene ring substituents is 2. The fourth-order valence-electron chi connectivity index (χ4n) is 6.22. The molecule has 4 rings (SSSR count). The van der Waals surface area contributed by atoms with Crippen LogP contribution in [0.5, 0.6) is 0 Å². The maximum atomic E-state index is 11.8. The fourth-order valence-corrected chi connectivity index (χ4v) is 6.22. The minimum Gasteiger partial charge on any atom is -0.393 e. The van der Waals surface area contributed by atoms with Crippen LogP contribution in [0, 0.1) is 44.4 Å². The minimum atomic E-state index is -0.514. The predicted molar refractivity (Wildman–Crippen MR) is 95.1 cm³/mol. The number of rotatable bonds is 2. The Morgan fingerprint density at radius 3 is 2.54 bits per heavy atom. The molecular formula is C19H24N2O5. The molecule has 140 valence electrons. The summed E-state index contributed by atoms with van der Waals surface area (Å²) in [7, 11) is 0. The Bertz CT molecular complexity index is 808. The van der Waals surface area contributed by atoms with E-state index in [9.17, 15) is 25.3 Å². The van der Waals surface area contributed by atoms with E-state index in [0.717, 1.165) is 43.2 Å². The van der Waals surface area contributed by atoms with Gasteiger partial charge in [-0.15, -0.1) is 0 Å². The van der Waals surface area contributed by atoms with Gasteiger partial charge in [0, 0.05) is 11.6 Å². The SMILES string of the molecule is Cc1c([N+](=O)[O-])cc2c(c1[N+](=O)[O-])C1CCC3(C)C(CC[C@@H]3O)C1CC2. The summed E-state index contributed by atoms with van der Waals surface area (Å²) in [6, 6.07) is 1.56. The number of benzene rings is 1. The van der Waals surface area contributed by atoms with Gasteiger partial charge in [-0.1, -0.05) is 6.92 Å². The number of aryl methyl sites for hydroxylation is 1. The van der Waals surface area contributed by atoms with Crippen LogP contribution in [0.4, 0.5) is 11.4 Å². The van der Waals surface area contributed by atoms with E-state index in [1.165, 1.54) is 6.92 Å². The molecule has 2 saturated carbocycles. The van der Waals surface area contributed by atoms with Crippen LogP contribution in [0.3, 0.4) is 0 Å². The van der Waals surface area contributed by atoms with E-state index < -0.39 is 9.85 Å². The molecule has 0 heterocycles. The predicted octanol–water partition coefficient (Wildman–Crippen LogP) is 4.03. The lowest BCUT2D eigenvalue weighted by Gasteiger charge is -2.49. The van der Waals surface area contributed by atoms with Crippen molar-refractivity contribution in [2.75, 3.05) is 0 Å². The van der Waals surface area contributed by atoms with Crippen LogP contribution in [0.1, 0.15) is 61.6 Å². The molecule has 0 saturated heterocycles. The van der Waals surface area contributed by atoms with E-state index in [1.54, 1.807) is 6.07 Å². The third-order valence-electron chi connectivity index (χ3n) is 7.54. The lowest BCUT2D eigenvalue weighted by atomic mass is 9.55.